The first-order valence-corrected chi connectivity index (χ1v) is 6.48. The van der Waals surface area contributed by atoms with Crippen molar-refractivity contribution in [1.29, 1.82) is 0 Å². The molecule has 1 heterocycles. The summed E-state index contributed by atoms with van der Waals surface area (Å²) in [6, 6.07) is 7.76. The largest absolute Gasteiger partial charge is 0.326 e. The van der Waals surface area contributed by atoms with Gasteiger partial charge in [0.2, 0.25) is 5.91 Å². The molecule has 2 rings (SSSR count). The van der Waals surface area contributed by atoms with E-state index < -0.39 is 0 Å². The quantitative estimate of drug-likeness (QED) is 0.872. The van der Waals surface area contributed by atoms with Gasteiger partial charge < -0.3 is 10.6 Å². The van der Waals surface area contributed by atoms with Crippen LogP contribution in [0.1, 0.15) is 23.9 Å². The van der Waals surface area contributed by atoms with E-state index in [0.717, 1.165) is 29.2 Å². The number of nitrogens with one attached hydrogen (secondary N) is 2. The molecule has 0 spiro atoms. The molecule has 0 bridgehead atoms. The lowest BCUT2D eigenvalue weighted by Gasteiger charge is -2.06. The molecule has 0 radical (unpaired) electrons. The van der Waals surface area contributed by atoms with Crippen molar-refractivity contribution in [2.45, 2.75) is 26.9 Å². The van der Waals surface area contributed by atoms with Crippen molar-refractivity contribution in [3.8, 4) is 0 Å². The van der Waals surface area contributed by atoms with Gasteiger partial charge in [-0.1, -0.05) is 12.1 Å². The minimum absolute atomic E-state index is 0.0613. The van der Waals surface area contributed by atoms with Gasteiger partial charge in [0.25, 0.3) is 0 Å². The number of amides is 1. The van der Waals surface area contributed by atoms with Gasteiger partial charge in [-0.25, -0.2) is 0 Å². The van der Waals surface area contributed by atoms with Crippen LogP contribution >= 0.6 is 0 Å². The zero-order valence-electron chi connectivity index (χ0n) is 11.7. The van der Waals surface area contributed by atoms with Crippen LogP contribution in [0.25, 0.3) is 0 Å². The van der Waals surface area contributed by atoms with Crippen molar-refractivity contribution in [1.82, 2.24) is 15.3 Å². The Labute approximate surface area is 118 Å². The molecule has 0 aliphatic rings. The number of rotatable bonds is 5. The molecule has 0 aliphatic carbocycles. The average Bonchev–Trinajstić information content (AvgIpc) is 2.42. The van der Waals surface area contributed by atoms with Crippen LogP contribution in [0.2, 0.25) is 0 Å². The van der Waals surface area contributed by atoms with E-state index >= 15 is 0 Å². The van der Waals surface area contributed by atoms with E-state index in [9.17, 15) is 4.79 Å². The lowest BCUT2D eigenvalue weighted by atomic mass is 10.2. The number of aromatic nitrogens is 2. The van der Waals surface area contributed by atoms with Gasteiger partial charge in [0, 0.05) is 38.1 Å². The molecule has 5 heteroatoms. The van der Waals surface area contributed by atoms with Crippen molar-refractivity contribution in [3.63, 3.8) is 0 Å². The van der Waals surface area contributed by atoms with E-state index in [1.807, 2.05) is 31.2 Å². The van der Waals surface area contributed by atoms with Crippen molar-refractivity contribution >= 4 is 11.6 Å². The van der Waals surface area contributed by atoms with Crippen LogP contribution in [0.15, 0.2) is 36.7 Å². The maximum absolute atomic E-state index is 10.9. The summed E-state index contributed by atoms with van der Waals surface area (Å²) < 4.78 is 0. The van der Waals surface area contributed by atoms with Crippen LogP contribution in [0.5, 0.6) is 0 Å². The lowest BCUT2D eigenvalue weighted by molar-refractivity contribution is -0.114. The molecule has 1 aromatic heterocycles. The van der Waals surface area contributed by atoms with Crippen LogP contribution in [0.4, 0.5) is 5.69 Å². The number of benzene rings is 1. The molecule has 2 N–H and O–H groups in total. The average molecular weight is 270 g/mol. The van der Waals surface area contributed by atoms with Crippen LogP contribution in [-0.4, -0.2) is 15.9 Å². The highest BCUT2D eigenvalue weighted by molar-refractivity contribution is 5.88. The fourth-order valence-electron chi connectivity index (χ4n) is 1.75. The third-order valence-electron chi connectivity index (χ3n) is 2.74. The second-order valence-electron chi connectivity index (χ2n) is 4.63. The van der Waals surface area contributed by atoms with E-state index in [0.29, 0.717) is 6.54 Å². The molecule has 1 aromatic carbocycles. The van der Waals surface area contributed by atoms with E-state index in [4.69, 9.17) is 0 Å². The Bertz CT molecular complexity index is 563. The zero-order valence-corrected chi connectivity index (χ0v) is 11.7. The summed E-state index contributed by atoms with van der Waals surface area (Å²) in [5, 5.41) is 6.05. The molecular weight excluding hydrogens is 252 g/mol. The molecule has 5 nitrogen and oxygen atoms in total. The van der Waals surface area contributed by atoms with E-state index in [2.05, 4.69) is 20.6 Å². The molecule has 0 saturated heterocycles. The molecule has 0 fully saturated rings. The Morgan fingerprint density at radius 3 is 2.45 bits per heavy atom. The Hall–Kier alpha value is -2.27. The summed E-state index contributed by atoms with van der Waals surface area (Å²) in [5.41, 5.74) is 3.80. The first-order chi connectivity index (χ1) is 9.63. The number of hydrogen-bond donors (Lipinski definition) is 2. The van der Waals surface area contributed by atoms with Crippen molar-refractivity contribution in [2.75, 3.05) is 5.32 Å². The third-order valence-corrected chi connectivity index (χ3v) is 2.74. The highest BCUT2D eigenvalue weighted by Gasteiger charge is 1.98. The number of carbonyl (C=O) groups excluding carboxylic acids is 1. The summed E-state index contributed by atoms with van der Waals surface area (Å²) in [6.07, 6.45) is 3.54. The molecule has 20 heavy (non-hydrogen) atoms. The monoisotopic (exact) mass is 270 g/mol. The molecule has 0 atom stereocenters. The standard InChI is InChI=1S/C15H18N4O/c1-11-7-18-15(10-17-11)9-16-8-13-3-5-14(6-4-13)19-12(2)20/h3-7,10,16H,8-9H2,1-2H3,(H,19,20). The first kappa shape index (κ1) is 14.1. The van der Waals surface area contributed by atoms with Crippen LogP contribution in [-0.2, 0) is 17.9 Å². The Morgan fingerprint density at radius 2 is 1.85 bits per heavy atom. The summed E-state index contributed by atoms with van der Waals surface area (Å²) in [5.74, 6) is -0.0613. The summed E-state index contributed by atoms with van der Waals surface area (Å²) in [7, 11) is 0. The molecule has 2 aromatic rings. The van der Waals surface area contributed by atoms with Crippen molar-refractivity contribution in [3.05, 3.63) is 53.6 Å². The predicted molar refractivity (Wildman–Crippen MR) is 78.1 cm³/mol. The highest BCUT2D eigenvalue weighted by Crippen LogP contribution is 2.09. The Morgan fingerprint density at radius 1 is 1.10 bits per heavy atom. The summed E-state index contributed by atoms with van der Waals surface area (Å²) in [4.78, 5) is 19.4. The van der Waals surface area contributed by atoms with Gasteiger partial charge in [-0.15, -0.1) is 0 Å². The van der Waals surface area contributed by atoms with Crippen molar-refractivity contribution < 1.29 is 4.79 Å². The van der Waals surface area contributed by atoms with Gasteiger partial charge >= 0.3 is 0 Å². The number of anilines is 1. The highest BCUT2D eigenvalue weighted by atomic mass is 16.1. The Kier molecular flexibility index (Phi) is 4.79. The minimum Gasteiger partial charge on any atom is -0.326 e. The molecule has 0 aliphatic heterocycles. The van der Waals surface area contributed by atoms with Gasteiger partial charge in [0.1, 0.15) is 0 Å². The van der Waals surface area contributed by atoms with Gasteiger partial charge in [0.15, 0.2) is 0 Å². The van der Waals surface area contributed by atoms with Gasteiger partial charge in [-0.3, -0.25) is 14.8 Å². The van der Waals surface area contributed by atoms with Crippen LogP contribution < -0.4 is 10.6 Å². The summed E-state index contributed by atoms with van der Waals surface area (Å²) in [6.45, 7) is 4.84. The number of nitrogens with zero attached hydrogens (tertiary/aromatic N) is 2. The SMILES string of the molecule is CC(=O)Nc1ccc(CNCc2cnc(C)cn2)cc1. The molecule has 0 unspecified atom stereocenters. The van der Waals surface area contributed by atoms with Gasteiger partial charge in [-0.05, 0) is 24.6 Å². The topological polar surface area (TPSA) is 66.9 Å². The smallest absolute Gasteiger partial charge is 0.221 e. The number of aryl methyl sites for hydroxylation is 1. The normalized spacial score (nSPS) is 10.3. The third kappa shape index (κ3) is 4.44. The van der Waals surface area contributed by atoms with E-state index in [1.54, 1.807) is 12.4 Å². The Balaban J connectivity index is 1.82. The van der Waals surface area contributed by atoms with Crippen LogP contribution in [0.3, 0.4) is 0 Å². The minimum atomic E-state index is -0.0613. The lowest BCUT2D eigenvalue weighted by Crippen LogP contribution is -2.14. The van der Waals surface area contributed by atoms with Crippen molar-refractivity contribution in [2.24, 2.45) is 0 Å². The second-order valence-corrected chi connectivity index (χ2v) is 4.63. The second kappa shape index (κ2) is 6.77. The van der Waals surface area contributed by atoms with Gasteiger partial charge in [-0.2, -0.15) is 0 Å². The van der Waals surface area contributed by atoms with Gasteiger partial charge in [0.05, 0.1) is 11.4 Å². The van der Waals surface area contributed by atoms with E-state index in [1.165, 1.54) is 6.92 Å². The fraction of sp³-hybridized carbons (Fsp3) is 0.267. The number of carbonyl (C=O) groups is 1. The molecule has 104 valence electrons. The maximum Gasteiger partial charge on any atom is 0.221 e. The first-order valence-electron chi connectivity index (χ1n) is 6.48. The predicted octanol–water partition coefficient (Wildman–Crippen LogP) is 2.03. The number of hydrogen-bond acceptors (Lipinski definition) is 4. The maximum atomic E-state index is 10.9. The van der Waals surface area contributed by atoms with E-state index in [-0.39, 0.29) is 5.91 Å². The zero-order chi connectivity index (χ0) is 14.4. The molecule has 0 saturated carbocycles. The molecular formula is C15H18N4O. The fourth-order valence-corrected chi connectivity index (χ4v) is 1.75. The molecule has 1 amide bonds. The van der Waals surface area contributed by atoms with Crippen LogP contribution in [0, 0.1) is 6.92 Å². The summed E-state index contributed by atoms with van der Waals surface area (Å²) >= 11 is 0.